The van der Waals surface area contributed by atoms with Crippen LogP contribution in [0.3, 0.4) is 0 Å². The van der Waals surface area contributed by atoms with Crippen molar-refractivity contribution < 1.29 is 25.9 Å². The Morgan fingerprint density at radius 1 is 0.684 bits per heavy atom. The molecule has 0 unspecified atom stereocenters. The first-order chi connectivity index (χ1) is 8.18. The number of halogens is 1. The number of fused-ring (bicyclic) bond motifs is 1. The molecule has 19 heavy (non-hydrogen) atoms. The highest BCUT2D eigenvalue weighted by molar-refractivity contribution is 7.86. The van der Waals surface area contributed by atoms with E-state index in [9.17, 15) is 16.8 Å². The molecule has 0 saturated carbocycles. The van der Waals surface area contributed by atoms with Crippen LogP contribution in [0.5, 0.6) is 0 Å². The van der Waals surface area contributed by atoms with Gasteiger partial charge in [-0.1, -0.05) is 12.1 Å². The van der Waals surface area contributed by atoms with Crippen molar-refractivity contribution in [3.63, 3.8) is 0 Å². The Hall–Kier alpha value is -1.19. The monoisotopic (exact) mass is 324 g/mol. The van der Waals surface area contributed by atoms with Gasteiger partial charge in [0.25, 0.3) is 20.2 Å². The van der Waals surface area contributed by atoms with E-state index in [4.69, 9.17) is 9.11 Å². The lowest BCUT2D eigenvalue weighted by Gasteiger charge is -2.03. The van der Waals surface area contributed by atoms with Gasteiger partial charge in [-0.2, -0.15) is 16.8 Å². The maximum absolute atomic E-state index is 10.9. The maximum atomic E-state index is 10.9. The Labute approximate surface area is 116 Å². The highest BCUT2D eigenvalue weighted by Crippen LogP contribution is 2.22. The van der Waals surface area contributed by atoms with Crippen molar-refractivity contribution in [1.82, 2.24) is 0 Å². The highest BCUT2D eigenvalue weighted by atomic mass is 35.5. The molecule has 0 heterocycles. The summed E-state index contributed by atoms with van der Waals surface area (Å²) in [5, 5.41) is 0.857. The van der Waals surface area contributed by atoms with Gasteiger partial charge in [0.15, 0.2) is 0 Å². The van der Waals surface area contributed by atoms with Gasteiger partial charge in [-0.25, -0.2) is 0 Å². The van der Waals surface area contributed by atoms with E-state index in [1.165, 1.54) is 24.3 Å². The molecule has 0 bridgehead atoms. The van der Waals surface area contributed by atoms with Crippen LogP contribution in [-0.2, 0) is 20.2 Å². The molecule has 0 aliphatic carbocycles. The van der Waals surface area contributed by atoms with Crippen molar-refractivity contribution in [2.75, 3.05) is 0 Å². The average molecular weight is 325 g/mol. The smallest absolute Gasteiger partial charge is 0.282 e. The van der Waals surface area contributed by atoms with Gasteiger partial charge in [0.1, 0.15) is 0 Å². The fourth-order valence-corrected chi connectivity index (χ4v) is 2.55. The molecule has 0 atom stereocenters. The predicted octanol–water partition coefficient (Wildman–Crippen LogP) is 1.76. The lowest BCUT2D eigenvalue weighted by Crippen LogP contribution is -1.99. The normalized spacial score (nSPS) is 12.1. The van der Waals surface area contributed by atoms with E-state index in [-0.39, 0.29) is 22.2 Å². The van der Waals surface area contributed by atoms with E-state index in [0.717, 1.165) is 12.1 Å². The minimum absolute atomic E-state index is 0. The second kappa shape index (κ2) is 5.06. The summed E-state index contributed by atoms with van der Waals surface area (Å²) in [6.07, 6.45) is 0. The summed E-state index contributed by atoms with van der Waals surface area (Å²) in [7, 11) is -8.60. The quantitative estimate of drug-likeness (QED) is 0.815. The summed E-state index contributed by atoms with van der Waals surface area (Å²) in [5.74, 6) is 0. The van der Waals surface area contributed by atoms with Crippen molar-refractivity contribution in [2.45, 2.75) is 9.79 Å². The van der Waals surface area contributed by atoms with Crippen LogP contribution in [0.15, 0.2) is 46.2 Å². The topological polar surface area (TPSA) is 109 Å². The predicted molar refractivity (Wildman–Crippen MR) is 70.8 cm³/mol. The number of benzene rings is 2. The number of hydrogen-bond donors (Lipinski definition) is 2. The summed E-state index contributed by atoms with van der Waals surface area (Å²) in [4.78, 5) is -0.566. The molecule has 0 aromatic heterocycles. The Kier molecular flexibility index (Phi) is 4.23. The first-order valence-electron chi connectivity index (χ1n) is 4.67. The Morgan fingerprint density at radius 2 is 1.00 bits per heavy atom. The maximum Gasteiger partial charge on any atom is 0.294 e. The van der Waals surface area contributed by atoms with E-state index in [1.54, 1.807) is 0 Å². The minimum Gasteiger partial charge on any atom is -0.282 e. The summed E-state index contributed by atoms with van der Waals surface area (Å²) >= 11 is 0. The fourth-order valence-electron chi connectivity index (χ4n) is 1.52. The molecule has 2 N–H and O–H groups in total. The molecule has 2 rings (SSSR count). The largest absolute Gasteiger partial charge is 0.294 e. The first-order valence-corrected chi connectivity index (χ1v) is 7.55. The van der Waals surface area contributed by atoms with Gasteiger partial charge >= 0.3 is 0 Å². The average Bonchev–Trinajstić information content (AvgIpc) is 2.25. The second-order valence-corrected chi connectivity index (χ2v) is 6.46. The van der Waals surface area contributed by atoms with E-state index < -0.39 is 20.2 Å². The third kappa shape index (κ3) is 3.43. The summed E-state index contributed by atoms with van der Waals surface area (Å²) in [6.45, 7) is 0. The van der Waals surface area contributed by atoms with Gasteiger partial charge in [-0.3, -0.25) is 9.11 Å². The summed E-state index contributed by atoms with van der Waals surface area (Å²) in [6, 6.07) is 7.38. The zero-order valence-electron chi connectivity index (χ0n) is 9.22. The molecule has 2 aromatic rings. The van der Waals surface area contributed by atoms with E-state index in [1.807, 2.05) is 0 Å². The zero-order valence-corrected chi connectivity index (χ0v) is 11.7. The zero-order chi connectivity index (χ0) is 13.6. The van der Waals surface area contributed by atoms with Crippen LogP contribution in [0.4, 0.5) is 0 Å². The number of rotatable bonds is 2. The Balaban J connectivity index is 0.00000180. The molecule has 2 aromatic carbocycles. The molecular formula is C10H9ClO6S2. The van der Waals surface area contributed by atoms with Crippen LogP contribution in [-0.4, -0.2) is 25.9 Å². The van der Waals surface area contributed by atoms with Gasteiger partial charge in [0, 0.05) is 0 Å². The molecule has 0 spiro atoms. The molecule has 6 nitrogen and oxygen atoms in total. The first kappa shape index (κ1) is 15.9. The van der Waals surface area contributed by atoms with Gasteiger partial charge in [0.2, 0.25) is 0 Å². The van der Waals surface area contributed by atoms with Gasteiger partial charge in [-0.05, 0) is 35.0 Å². The van der Waals surface area contributed by atoms with Crippen molar-refractivity contribution >= 4 is 43.4 Å². The molecule has 0 aliphatic heterocycles. The van der Waals surface area contributed by atoms with E-state index >= 15 is 0 Å². The molecular weight excluding hydrogens is 316 g/mol. The van der Waals surface area contributed by atoms with Gasteiger partial charge < -0.3 is 0 Å². The van der Waals surface area contributed by atoms with E-state index in [0.29, 0.717) is 10.8 Å². The summed E-state index contributed by atoms with van der Waals surface area (Å²) in [5.41, 5.74) is 0. The fraction of sp³-hybridized carbons (Fsp3) is 0. The molecule has 104 valence electrons. The van der Waals surface area contributed by atoms with Gasteiger partial charge in [-0.15, -0.1) is 12.4 Å². The van der Waals surface area contributed by atoms with Crippen LogP contribution < -0.4 is 0 Å². The van der Waals surface area contributed by atoms with Crippen molar-refractivity contribution in [1.29, 1.82) is 0 Å². The standard InChI is InChI=1S/C10H8O6S2.ClH/c11-17(12,13)9-3-1-7-5-10(18(14,15)16)4-2-8(7)6-9;/h1-6H,(H,11,12,13)(H,14,15,16);1H. The minimum atomic E-state index is -4.30. The van der Waals surface area contributed by atoms with Crippen LogP contribution in [0.2, 0.25) is 0 Å². The Morgan fingerprint density at radius 3 is 1.26 bits per heavy atom. The SMILES string of the molecule is Cl.O=S(=O)(O)c1ccc2cc(S(=O)(=O)O)ccc2c1. The van der Waals surface area contributed by atoms with Crippen molar-refractivity contribution in [2.24, 2.45) is 0 Å². The molecule has 9 heteroatoms. The van der Waals surface area contributed by atoms with E-state index in [2.05, 4.69) is 0 Å². The van der Waals surface area contributed by atoms with Crippen molar-refractivity contribution in [3.8, 4) is 0 Å². The Bertz CT molecular complexity index is 755. The van der Waals surface area contributed by atoms with Crippen LogP contribution in [0, 0.1) is 0 Å². The van der Waals surface area contributed by atoms with Crippen LogP contribution >= 0.6 is 12.4 Å². The molecule has 0 radical (unpaired) electrons. The summed E-state index contributed by atoms with van der Waals surface area (Å²) < 4.78 is 61.4. The lowest BCUT2D eigenvalue weighted by molar-refractivity contribution is 0.481. The molecule has 0 fully saturated rings. The lowest BCUT2D eigenvalue weighted by atomic mass is 10.1. The molecule has 0 saturated heterocycles. The van der Waals surface area contributed by atoms with Crippen LogP contribution in [0.1, 0.15) is 0 Å². The third-order valence-corrected chi connectivity index (χ3v) is 4.08. The van der Waals surface area contributed by atoms with Crippen molar-refractivity contribution in [3.05, 3.63) is 36.4 Å². The highest BCUT2D eigenvalue weighted by Gasteiger charge is 2.12. The number of hydrogen-bond acceptors (Lipinski definition) is 4. The third-order valence-electron chi connectivity index (χ3n) is 2.38. The molecule has 0 amide bonds. The van der Waals surface area contributed by atoms with Gasteiger partial charge in [0.05, 0.1) is 9.79 Å². The van der Waals surface area contributed by atoms with Crippen LogP contribution in [0.25, 0.3) is 10.8 Å². The molecule has 0 aliphatic rings. The second-order valence-electron chi connectivity index (χ2n) is 3.62.